The average molecular weight is 382 g/mol. The molecule has 2 amide bonds. The number of likely N-dealkylation sites (N-methyl/N-ethyl adjacent to an activating group) is 1. The molecule has 1 saturated heterocycles. The molecule has 2 aromatic rings. The maximum atomic E-state index is 12.1. The van der Waals surface area contributed by atoms with Crippen LogP contribution >= 0.6 is 46.5 Å². The summed E-state index contributed by atoms with van der Waals surface area (Å²) in [4.78, 5) is 27.6. The Balaban J connectivity index is 1.75. The lowest BCUT2D eigenvalue weighted by molar-refractivity contribution is -0.122. The molecule has 0 spiro atoms. The number of benzene rings is 1. The molecule has 1 aliphatic heterocycles. The van der Waals surface area contributed by atoms with E-state index in [9.17, 15) is 9.59 Å². The summed E-state index contributed by atoms with van der Waals surface area (Å²) < 4.78 is 1.12. The first-order chi connectivity index (χ1) is 11.1. The number of halogens is 1. The second-order valence-electron chi connectivity index (χ2n) is 4.64. The number of hydrogen-bond acceptors (Lipinski definition) is 5. The Bertz CT molecular complexity index is 783. The van der Waals surface area contributed by atoms with Gasteiger partial charge in [0, 0.05) is 21.3 Å². The van der Waals surface area contributed by atoms with Crippen molar-refractivity contribution in [2.45, 2.75) is 16.0 Å². The van der Waals surface area contributed by atoms with Crippen molar-refractivity contribution in [3.05, 3.63) is 51.2 Å². The van der Waals surface area contributed by atoms with Gasteiger partial charge < -0.3 is 0 Å². The Labute approximate surface area is 151 Å². The molecule has 0 atom stereocenters. The van der Waals surface area contributed by atoms with Gasteiger partial charge in [0.15, 0.2) is 0 Å². The normalized spacial score (nSPS) is 16.6. The van der Waals surface area contributed by atoms with Crippen LogP contribution in [0.4, 0.5) is 4.79 Å². The Hall–Kier alpha value is -1.21. The Morgan fingerprint density at radius 1 is 1.17 bits per heavy atom. The van der Waals surface area contributed by atoms with E-state index in [4.69, 9.17) is 11.6 Å². The van der Waals surface area contributed by atoms with Gasteiger partial charge in [0.05, 0.1) is 9.11 Å². The number of thiophene rings is 1. The van der Waals surface area contributed by atoms with Gasteiger partial charge in [-0.3, -0.25) is 14.5 Å². The van der Waals surface area contributed by atoms with Crippen molar-refractivity contribution < 1.29 is 9.59 Å². The molecule has 0 N–H and O–H groups in total. The van der Waals surface area contributed by atoms with Crippen molar-refractivity contribution in [1.82, 2.24) is 4.90 Å². The summed E-state index contributed by atoms with van der Waals surface area (Å²) in [6, 6.07) is 11.6. The van der Waals surface area contributed by atoms with Crippen LogP contribution in [0.5, 0.6) is 0 Å². The highest BCUT2D eigenvalue weighted by Crippen LogP contribution is 2.37. The molecule has 0 radical (unpaired) electrons. The molecule has 1 fully saturated rings. The van der Waals surface area contributed by atoms with Crippen LogP contribution in [0, 0.1) is 0 Å². The molecular weight excluding hydrogens is 370 g/mol. The maximum Gasteiger partial charge on any atom is 0.293 e. The molecule has 7 heteroatoms. The molecule has 2 heterocycles. The number of imide groups is 1. The number of amides is 2. The third kappa shape index (κ3) is 3.83. The molecular formula is C16H12ClNO2S3. The number of hydrogen-bond donors (Lipinski definition) is 0. The van der Waals surface area contributed by atoms with Crippen molar-refractivity contribution in [3.63, 3.8) is 0 Å². The molecule has 23 heavy (non-hydrogen) atoms. The molecule has 0 aliphatic carbocycles. The molecule has 1 aromatic carbocycles. The van der Waals surface area contributed by atoms with Crippen molar-refractivity contribution in [3.8, 4) is 0 Å². The summed E-state index contributed by atoms with van der Waals surface area (Å²) in [5, 5.41) is 0.518. The smallest absolute Gasteiger partial charge is 0.269 e. The monoisotopic (exact) mass is 381 g/mol. The predicted octanol–water partition coefficient (Wildman–Crippen LogP) is 5.61. The highest BCUT2D eigenvalue weighted by molar-refractivity contribution is 8.18. The Morgan fingerprint density at radius 3 is 2.57 bits per heavy atom. The Kier molecular flexibility index (Phi) is 5.16. The van der Waals surface area contributed by atoms with Crippen molar-refractivity contribution in [2.75, 3.05) is 6.54 Å². The molecule has 0 saturated carbocycles. The van der Waals surface area contributed by atoms with Crippen molar-refractivity contribution in [1.29, 1.82) is 0 Å². The van der Waals surface area contributed by atoms with Gasteiger partial charge >= 0.3 is 0 Å². The lowest BCUT2D eigenvalue weighted by Crippen LogP contribution is -2.27. The minimum absolute atomic E-state index is 0.198. The summed E-state index contributed by atoms with van der Waals surface area (Å²) in [5.74, 6) is -0.206. The zero-order chi connectivity index (χ0) is 16.4. The fourth-order valence-corrected chi connectivity index (χ4v) is 5.15. The topological polar surface area (TPSA) is 37.4 Å². The fourth-order valence-electron chi connectivity index (χ4n) is 1.99. The molecule has 0 bridgehead atoms. The van der Waals surface area contributed by atoms with Crippen LogP contribution in [0.1, 0.15) is 11.8 Å². The second-order valence-corrected chi connectivity index (χ2v) is 8.56. The van der Waals surface area contributed by atoms with E-state index in [0.717, 1.165) is 25.7 Å². The minimum atomic E-state index is -0.206. The van der Waals surface area contributed by atoms with Crippen LogP contribution in [0.2, 0.25) is 5.02 Å². The first-order valence-corrected chi connectivity index (χ1v) is 9.68. The molecule has 3 nitrogen and oxygen atoms in total. The van der Waals surface area contributed by atoms with Gasteiger partial charge in [0.1, 0.15) is 0 Å². The maximum absolute atomic E-state index is 12.1. The van der Waals surface area contributed by atoms with Crippen LogP contribution < -0.4 is 0 Å². The van der Waals surface area contributed by atoms with Crippen LogP contribution in [-0.4, -0.2) is 22.6 Å². The standard InChI is InChI=1S/C16H12ClNO2S3/c1-2-18-15(19)13(23-16(18)20)9-12-7-8-14(22-12)21-11-5-3-10(17)4-6-11/h3-9H,2H2,1H3/b13-9+. The second kappa shape index (κ2) is 7.13. The number of rotatable bonds is 4. The molecule has 0 unspecified atom stereocenters. The molecule has 3 rings (SSSR count). The Morgan fingerprint density at radius 2 is 1.91 bits per heavy atom. The molecule has 1 aliphatic rings. The highest BCUT2D eigenvalue weighted by Gasteiger charge is 2.33. The third-order valence-electron chi connectivity index (χ3n) is 3.10. The van der Waals surface area contributed by atoms with E-state index < -0.39 is 0 Å². The largest absolute Gasteiger partial charge is 0.293 e. The third-order valence-corrected chi connectivity index (χ3v) is 6.43. The van der Waals surface area contributed by atoms with E-state index in [0.29, 0.717) is 16.5 Å². The summed E-state index contributed by atoms with van der Waals surface area (Å²) in [6.45, 7) is 2.20. The zero-order valence-electron chi connectivity index (χ0n) is 12.1. The lowest BCUT2D eigenvalue weighted by Gasteiger charge is -2.06. The summed E-state index contributed by atoms with van der Waals surface area (Å²) in [6.07, 6.45) is 1.79. The van der Waals surface area contributed by atoms with Crippen molar-refractivity contribution in [2.24, 2.45) is 0 Å². The predicted molar refractivity (Wildman–Crippen MR) is 98.2 cm³/mol. The van der Waals surface area contributed by atoms with E-state index >= 15 is 0 Å². The zero-order valence-corrected chi connectivity index (χ0v) is 15.3. The van der Waals surface area contributed by atoms with E-state index in [1.54, 1.807) is 36.1 Å². The lowest BCUT2D eigenvalue weighted by atomic mass is 10.4. The molecule has 118 valence electrons. The average Bonchev–Trinajstić information content (AvgIpc) is 3.07. The quantitative estimate of drug-likeness (QED) is 0.645. The van der Waals surface area contributed by atoms with E-state index in [1.165, 1.54) is 4.90 Å². The van der Waals surface area contributed by atoms with Gasteiger partial charge in [-0.15, -0.1) is 11.3 Å². The van der Waals surface area contributed by atoms with Crippen molar-refractivity contribution >= 4 is 63.7 Å². The number of nitrogens with zero attached hydrogens (tertiary/aromatic N) is 1. The van der Waals surface area contributed by atoms with Gasteiger partial charge in [0.25, 0.3) is 11.1 Å². The first kappa shape index (κ1) is 16.6. The van der Waals surface area contributed by atoms with Gasteiger partial charge in [-0.2, -0.15) is 0 Å². The van der Waals surface area contributed by atoms with Gasteiger partial charge in [0.2, 0.25) is 0 Å². The number of thioether (sulfide) groups is 1. The van der Waals surface area contributed by atoms with Gasteiger partial charge in [-0.25, -0.2) is 0 Å². The van der Waals surface area contributed by atoms with E-state index in [-0.39, 0.29) is 11.1 Å². The summed E-state index contributed by atoms with van der Waals surface area (Å²) in [7, 11) is 0. The number of carbonyl (C=O) groups excluding carboxylic acids is 2. The summed E-state index contributed by atoms with van der Waals surface area (Å²) >= 11 is 10.1. The van der Waals surface area contributed by atoms with Gasteiger partial charge in [-0.05, 0) is 61.2 Å². The highest BCUT2D eigenvalue weighted by atomic mass is 35.5. The van der Waals surface area contributed by atoms with Crippen LogP contribution in [0.3, 0.4) is 0 Å². The minimum Gasteiger partial charge on any atom is -0.269 e. The van der Waals surface area contributed by atoms with Crippen LogP contribution in [0.25, 0.3) is 6.08 Å². The SMILES string of the molecule is CCN1C(=O)S/C(=C/c2ccc(Sc3ccc(Cl)cc3)s2)C1=O. The van der Waals surface area contributed by atoms with E-state index in [1.807, 2.05) is 36.4 Å². The van der Waals surface area contributed by atoms with Crippen LogP contribution in [-0.2, 0) is 4.79 Å². The number of carbonyl (C=O) groups is 2. The summed E-state index contributed by atoms with van der Waals surface area (Å²) in [5.41, 5.74) is 0. The fraction of sp³-hybridized carbons (Fsp3) is 0.125. The van der Waals surface area contributed by atoms with Gasteiger partial charge in [-0.1, -0.05) is 23.4 Å². The molecule has 1 aromatic heterocycles. The van der Waals surface area contributed by atoms with E-state index in [2.05, 4.69) is 0 Å². The first-order valence-electron chi connectivity index (χ1n) is 6.85. The van der Waals surface area contributed by atoms with Crippen LogP contribution in [0.15, 0.2) is 50.4 Å².